The van der Waals surface area contributed by atoms with E-state index in [4.69, 9.17) is 11.6 Å². The maximum atomic E-state index is 12.1. The number of carbonyl (C=O) groups is 2. The summed E-state index contributed by atoms with van der Waals surface area (Å²) in [4.78, 5) is 24.1. The van der Waals surface area contributed by atoms with Gasteiger partial charge in [-0.15, -0.1) is 0 Å². The van der Waals surface area contributed by atoms with Gasteiger partial charge in [0.25, 0.3) is 5.91 Å². The lowest BCUT2D eigenvalue weighted by molar-refractivity contribution is -0.122. The highest BCUT2D eigenvalue weighted by molar-refractivity contribution is 6.33. The Hall–Kier alpha value is -1.55. The molecule has 0 unspecified atom stereocenters. The number of rotatable bonds is 5. The van der Waals surface area contributed by atoms with Gasteiger partial charge >= 0.3 is 0 Å². The standard InChI is InChI=1S/C18H25ClN2O2/c1-12-6-5-9-16(13(12)2)21-17(22)10-11-20-18(23)14-7-3-4-8-15(14)19/h3-4,7-8,12-13,16H,5-6,9-11H2,1-2H3,(H,20,23)(H,21,22)/t12-,13+,16-/m1/s1. The van der Waals surface area contributed by atoms with Crippen LogP contribution in [0.1, 0.15) is 49.9 Å². The fourth-order valence-corrected chi connectivity index (χ4v) is 3.32. The zero-order valence-electron chi connectivity index (χ0n) is 13.8. The molecule has 5 heteroatoms. The Balaban J connectivity index is 1.74. The summed E-state index contributed by atoms with van der Waals surface area (Å²) < 4.78 is 0. The Kier molecular flexibility index (Phi) is 6.46. The summed E-state index contributed by atoms with van der Waals surface area (Å²) in [5.41, 5.74) is 0.435. The zero-order valence-corrected chi connectivity index (χ0v) is 14.5. The van der Waals surface area contributed by atoms with Gasteiger partial charge in [0.1, 0.15) is 0 Å². The molecule has 0 radical (unpaired) electrons. The van der Waals surface area contributed by atoms with Crippen LogP contribution in [0.4, 0.5) is 0 Å². The lowest BCUT2D eigenvalue weighted by atomic mass is 9.78. The summed E-state index contributed by atoms with van der Waals surface area (Å²) in [5.74, 6) is 0.901. The first-order valence-corrected chi connectivity index (χ1v) is 8.69. The summed E-state index contributed by atoms with van der Waals surface area (Å²) >= 11 is 5.98. The van der Waals surface area contributed by atoms with Crippen molar-refractivity contribution >= 4 is 23.4 Å². The summed E-state index contributed by atoms with van der Waals surface area (Å²) in [6.07, 6.45) is 3.73. The number of benzene rings is 1. The predicted molar refractivity (Wildman–Crippen MR) is 92.5 cm³/mol. The van der Waals surface area contributed by atoms with E-state index in [2.05, 4.69) is 24.5 Å². The van der Waals surface area contributed by atoms with Crippen molar-refractivity contribution in [2.75, 3.05) is 6.54 Å². The lowest BCUT2D eigenvalue weighted by Crippen LogP contribution is -2.44. The first-order chi connectivity index (χ1) is 11.0. The average Bonchev–Trinajstić information content (AvgIpc) is 2.52. The molecule has 0 saturated heterocycles. The van der Waals surface area contributed by atoms with E-state index in [0.717, 1.165) is 6.42 Å². The van der Waals surface area contributed by atoms with E-state index in [9.17, 15) is 9.59 Å². The number of hydrogen-bond acceptors (Lipinski definition) is 2. The van der Waals surface area contributed by atoms with Crippen LogP contribution in [0.25, 0.3) is 0 Å². The second-order valence-electron chi connectivity index (χ2n) is 6.43. The van der Waals surface area contributed by atoms with Gasteiger partial charge in [-0.25, -0.2) is 0 Å². The Morgan fingerprint density at radius 1 is 1.22 bits per heavy atom. The maximum absolute atomic E-state index is 12.1. The third-order valence-electron chi connectivity index (χ3n) is 4.81. The first kappa shape index (κ1) is 17.8. The molecule has 0 aromatic heterocycles. The highest BCUT2D eigenvalue weighted by Gasteiger charge is 2.27. The molecule has 126 valence electrons. The summed E-state index contributed by atoms with van der Waals surface area (Å²) in [5, 5.41) is 6.27. The number of nitrogens with one attached hydrogen (secondary N) is 2. The molecule has 1 aromatic rings. The van der Waals surface area contributed by atoms with Crippen molar-refractivity contribution < 1.29 is 9.59 Å². The summed E-state index contributed by atoms with van der Waals surface area (Å²) in [7, 11) is 0. The molecule has 2 amide bonds. The highest BCUT2D eigenvalue weighted by atomic mass is 35.5. The Morgan fingerprint density at radius 3 is 2.70 bits per heavy atom. The molecule has 0 spiro atoms. The molecule has 1 aromatic carbocycles. The molecule has 2 N–H and O–H groups in total. The normalized spacial score (nSPS) is 24.0. The van der Waals surface area contributed by atoms with Crippen molar-refractivity contribution in [2.45, 2.75) is 45.6 Å². The van der Waals surface area contributed by atoms with Crippen LogP contribution in [-0.2, 0) is 4.79 Å². The van der Waals surface area contributed by atoms with Crippen molar-refractivity contribution in [3.05, 3.63) is 34.9 Å². The predicted octanol–water partition coefficient (Wildman–Crippen LogP) is 3.40. The van der Waals surface area contributed by atoms with E-state index < -0.39 is 0 Å². The minimum Gasteiger partial charge on any atom is -0.353 e. The van der Waals surface area contributed by atoms with Crippen molar-refractivity contribution in [3.8, 4) is 0 Å². The van der Waals surface area contributed by atoms with Crippen LogP contribution in [-0.4, -0.2) is 24.4 Å². The fraction of sp³-hybridized carbons (Fsp3) is 0.556. The van der Waals surface area contributed by atoms with E-state index in [-0.39, 0.29) is 24.3 Å². The highest BCUT2D eigenvalue weighted by Crippen LogP contribution is 2.29. The molecular formula is C18H25ClN2O2. The molecule has 1 aliphatic carbocycles. The SMILES string of the molecule is C[C@H]1[C@H](C)CCC[C@H]1NC(=O)CCNC(=O)c1ccccc1Cl. The van der Waals surface area contributed by atoms with Gasteiger partial charge in [0.05, 0.1) is 10.6 Å². The van der Waals surface area contributed by atoms with E-state index in [1.54, 1.807) is 24.3 Å². The molecule has 4 nitrogen and oxygen atoms in total. The average molecular weight is 337 g/mol. The number of hydrogen-bond donors (Lipinski definition) is 2. The largest absolute Gasteiger partial charge is 0.353 e. The molecule has 0 heterocycles. The number of carbonyl (C=O) groups excluding carboxylic acids is 2. The van der Waals surface area contributed by atoms with Gasteiger partial charge in [-0.3, -0.25) is 9.59 Å². The smallest absolute Gasteiger partial charge is 0.252 e. The van der Waals surface area contributed by atoms with Gasteiger partial charge in [-0.1, -0.05) is 50.4 Å². The van der Waals surface area contributed by atoms with E-state index in [1.807, 2.05) is 0 Å². The second-order valence-corrected chi connectivity index (χ2v) is 6.83. The quantitative estimate of drug-likeness (QED) is 0.865. The Labute approximate surface area is 143 Å². The fourth-order valence-electron chi connectivity index (χ4n) is 3.09. The molecule has 1 fully saturated rings. The van der Waals surface area contributed by atoms with E-state index in [1.165, 1.54) is 12.8 Å². The van der Waals surface area contributed by atoms with Crippen molar-refractivity contribution in [2.24, 2.45) is 11.8 Å². The molecule has 0 aliphatic heterocycles. The van der Waals surface area contributed by atoms with Gasteiger partial charge < -0.3 is 10.6 Å². The van der Waals surface area contributed by atoms with Crippen molar-refractivity contribution in [1.29, 1.82) is 0 Å². The second kappa shape index (κ2) is 8.34. The molecule has 23 heavy (non-hydrogen) atoms. The number of amides is 2. The molecule has 0 bridgehead atoms. The van der Waals surface area contributed by atoms with Crippen LogP contribution >= 0.6 is 11.6 Å². The molecular weight excluding hydrogens is 312 g/mol. The maximum Gasteiger partial charge on any atom is 0.252 e. The molecule has 1 saturated carbocycles. The van der Waals surface area contributed by atoms with Crippen LogP contribution in [0, 0.1) is 11.8 Å². The van der Waals surface area contributed by atoms with Gasteiger partial charge in [-0.05, 0) is 30.4 Å². The molecule has 2 rings (SSSR count). The van der Waals surface area contributed by atoms with Gasteiger partial charge in [0.2, 0.25) is 5.91 Å². The van der Waals surface area contributed by atoms with Crippen LogP contribution in [0.3, 0.4) is 0 Å². The van der Waals surface area contributed by atoms with Crippen LogP contribution in [0.5, 0.6) is 0 Å². The Morgan fingerprint density at radius 2 is 1.96 bits per heavy atom. The van der Waals surface area contributed by atoms with Crippen LogP contribution in [0.2, 0.25) is 5.02 Å². The molecule has 3 atom stereocenters. The molecule has 1 aliphatic rings. The van der Waals surface area contributed by atoms with Gasteiger partial charge in [0, 0.05) is 19.0 Å². The van der Waals surface area contributed by atoms with Crippen molar-refractivity contribution in [1.82, 2.24) is 10.6 Å². The van der Waals surface area contributed by atoms with E-state index >= 15 is 0 Å². The third kappa shape index (κ3) is 4.96. The summed E-state index contributed by atoms with van der Waals surface area (Å²) in [6, 6.07) is 7.14. The lowest BCUT2D eigenvalue weighted by Gasteiger charge is -2.34. The van der Waals surface area contributed by atoms with Crippen LogP contribution in [0.15, 0.2) is 24.3 Å². The third-order valence-corrected chi connectivity index (χ3v) is 5.14. The monoisotopic (exact) mass is 336 g/mol. The Bertz CT molecular complexity index is 562. The van der Waals surface area contributed by atoms with Crippen LogP contribution < -0.4 is 10.6 Å². The number of halogens is 1. The van der Waals surface area contributed by atoms with E-state index in [0.29, 0.717) is 29.0 Å². The minimum absolute atomic E-state index is 0.00425. The topological polar surface area (TPSA) is 58.2 Å². The first-order valence-electron chi connectivity index (χ1n) is 8.31. The summed E-state index contributed by atoms with van der Waals surface area (Å²) in [6.45, 7) is 4.76. The van der Waals surface area contributed by atoms with Gasteiger partial charge in [0.15, 0.2) is 0 Å². The van der Waals surface area contributed by atoms with Gasteiger partial charge in [-0.2, -0.15) is 0 Å². The van der Waals surface area contributed by atoms with Crippen molar-refractivity contribution in [3.63, 3.8) is 0 Å². The zero-order chi connectivity index (χ0) is 16.8. The minimum atomic E-state index is -0.247.